The standard InChI is InChI=1S/C25H48O7S2Si/c1-6-10-11-14-24(26)28-16-18-33-21-23(5)22-34-19-17-29-25(27)15-12-13-20-35(30-7-2,31-8-3)32-9-4/h5-22H2,1-4H3. The second-order valence-corrected chi connectivity index (χ2v) is 12.9. The lowest BCUT2D eigenvalue weighted by molar-refractivity contribution is -0.144. The van der Waals surface area contributed by atoms with Gasteiger partial charge in [-0.25, -0.2) is 0 Å². The highest BCUT2D eigenvalue weighted by Gasteiger charge is 2.39. The van der Waals surface area contributed by atoms with Crippen molar-refractivity contribution in [3.63, 3.8) is 0 Å². The van der Waals surface area contributed by atoms with Gasteiger partial charge in [0.1, 0.15) is 13.2 Å². The van der Waals surface area contributed by atoms with Crippen LogP contribution in [0.3, 0.4) is 0 Å². The van der Waals surface area contributed by atoms with Crippen LogP contribution in [0.4, 0.5) is 0 Å². The van der Waals surface area contributed by atoms with E-state index >= 15 is 0 Å². The molecule has 0 fully saturated rings. The lowest BCUT2D eigenvalue weighted by Gasteiger charge is -2.28. The predicted molar refractivity (Wildman–Crippen MR) is 149 cm³/mol. The Bertz CT molecular complexity index is 547. The highest BCUT2D eigenvalue weighted by atomic mass is 32.2. The summed E-state index contributed by atoms with van der Waals surface area (Å²) in [5.41, 5.74) is 1.13. The largest absolute Gasteiger partial charge is 0.500 e. The van der Waals surface area contributed by atoms with Gasteiger partial charge >= 0.3 is 20.7 Å². The zero-order chi connectivity index (χ0) is 26.2. The van der Waals surface area contributed by atoms with Crippen LogP contribution in [0.1, 0.15) is 72.6 Å². The molecule has 0 aromatic carbocycles. The molecule has 0 N–H and O–H groups in total. The van der Waals surface area contributed by atoms with E-state index in [1.54, 1.807) is 23.5 Å². The Morgan fingerprint density at radius 2 is 1.17 bits per heavy atom. The molecule has 0 unspecified atom stereocenters. The quantitative estimate of drug-likeness (QED) is 0.0595. The third-order valence-corrected chi connectivity index (χ3v) is 10.1. The van der Waals surface area contributed by atoms with Crippen LogP contribution < -0.4 is 0 Å². The number of carbonyl (C=O) groups excluding carboxylic acids is 2. The van der Waals surface area contributed by atoms with Crippen LogP contribution >= 0.6 is 23.5 Å². The van der Waals surface area contributed by atoms with Gasteiger partial charge in [0.25, 0.3) is 0 Å². The SMILES string of the molecule is C=C(CSCCOC(=O)CCCCC)CSCCOC(=O)CCCC[Si](OCC)(OCC)OCC. The van der Waals surface area contributed by atoms with E-state index in [2.05, 4.69) is 13.5 Å². The van der Waals surface area contributed by atoms with E-state index in [0.29, 0.717) is 51.9 Å². The number of carbonyl (C=O) groups is 2. The summed E-state index contributed by atoms with van der Waals surface area (Å²) in [6.45, 7) is 14.6. The molecular formula is C25H48O7S2Si. The molecule has 0 aliphatic carbocycles. The van der Waals surface area contributed by atoms with Gasteiger partial charge in [-0.2, -0.15) is 23.5 Å². The zero-order valence-corrected chi connectivity index (χ0v) is 25.0. The number of esters is 2. The molecule has 10 heteroatoms. The number of ether oxygens (including phenoxy) is 2. The molecule has 0 aliphatic heterocycles. The van der Waals surface area contributed by atoms with E-state index in [1.807, 2.05) is 20.8 Å². The number of rotatable bonds is 25. The molecule has 0 amide bonds. The fourth-order valence-electron chi connectivity index (χ4n) is 3.18. The summed E-state index contributed by atoms with van der Waals surface area (Å²) in [6, 6.07) is 0.715. The minimum Gasteiger partial charge on any atom is -0.465 e. The molecular weight excluding hydrogens is 504 g/mol. The summed E-state index contributed by atoms with van der Waals surface area (Å²) in [7, 11) is -2.63. The maximum Gasteiger partial charge on any atom is 0.500 e. The van der Waals surface area contributed by atoms with E-state index in [9.17, 15) is 9.59 Å². The molecule has 0 rings (SSSR count). The van der Waals surface area contributed by atoms with E-state index < -0.39 is 8.80 Å². The predicted octanol–water partition coefficient (Wildman–Crippen LogP) is 5.89. The summed E-state index contributed by atoms with van der Waals surface area (Å²) in [6.07, 6.45) is 5.54. The minimum atomic E-state index is -2.63. The van der Waals surface area contributed by atoms with Gasteiger partial charge in [-0.05, 0) is 40.0 Å². The van der Waals surface area contributed by atoms with Crippen LogP contribution in [0.15, 0.2) is 12.2 Å². The second-order valence-electron chi connectivity index (χ2n) is 7.94. The third-order valence-electron chi connectivity index (χ3n) is 4.78. The van der Waals surface area contributed by atoms with Gasteiger partial charge in [0.2, 0.25) is 0 Å². The molecule has 0 radical (unpaired) electrons. The highest BCUT2D eigenvalue weighted by Crippen LogP contribution is 2.20. The van der Waals surface area contributed by atoms with Crippen LogP contribution in [0.5, 0.6) is 0 Å². The molecule has 0 bridgehead atoms. The smallest absolute Gasteiger partial charge is 0.465 e. The lowest BCUT2D eigenvalue weighted by Crippen LogP contribution is -2.45. The van der Waals surface area contributed by atoms with Crippen LogP contribution in [0.2, 0.25) is 6.04 Å². The summed E-state index contributed by atoms with van der Waals surface area (Å²) in [5.74, 6) is 2.95. The second kappa shape index (κ2) is 23.9. The topological polar surface area (TPSA) is 80.3 Å². The molecule has 0 aromatic rings. The molecule has 0 aromatic heterocycles. The fourth-order valence-corrected chi connectivity index (χ4v) is 7.47. The number of unbranched alkanes of at least 4 members (excludes halogenated alkanes) is 3. The first kappa shape index (κ1) is 34.5. The Morgan fingerprint density at radius 3 is 1.60 bits per heavy atom. The summed E-state index contributed by atoms with van der Waals surface area (Å²) in [5, 5.41) is 0. The van der Waals surface area contributed by atoms with Gasteiger partial charge in [-0.3, -0.25) is 9.59 Å². The average molecular weight is 553 g/mol. The highest BCUT2D eigenvalue weighted by molar-refractivity contribution is 8.00. The molecule has 0 atom stereocenters. The Hall–Kier alpha value is -0.523. The number of hydrogen-bond donors (Lipinski definition) is 0. The maximum absolute atomic E-state index is 12.0. The molecule has 0 saturated heterocycles. The van der Waals surface area contributed by atoms with E-state index in [0.717, 1.165) is 60.7 Å². The average Bonchev–Trinajstić information content (AvgIpc) is 2.82. The normalized spacial score (nSPS) is 11.4. The van der Waals surface area contributed by atoms with E-state index in [4.69, 9.17) is 22.8 Å². The summed E-state index contributed by atoms with van der Waals surface area (Å²) in [4.78, 5) is 23.5. The van der Waals surface area contributed by atoms with Crippen LogP contribution in [-0.2, 0) is 32.3 Å². The zero-order valence-electron chi connectivity index (χ0n) is 22.4. The monoisotopic (exact) mass is 552 g/mol. The first-order chi connectivity index (χ1) is 16.9. The molecule has 0 saturated carbocycles. The molecule has 35 heavy (non-hydrogen) atoms. The Morgan fingerprint density at radius 1 is 0.714 bits per heavy atom. The molecule has 0 spiro atoms. The van der Waals surface area contributed by atoms with Crippen LogP contribution in [0.25, 0.3) is 0 Å². The first-order valence-corrected chi connectivity index (χ1v) is 17.2. The van der Waals surface area contributed by atoms with Crippen LogP contribution in [0, 0.1) is 0 Å². The Labute approximate surface area is 223 Å². The van der Waals surface area contributed by atoms with Crippen molar-refractivity contribution in [3.05, 3.63) is 12.2 Å². The van der Waals surface area contributed by atoms with Crippen molar-refractivity contribution in [2.24, 2.45) is 0 Å². The first-order valence-electron chi connectivity index (χ1n) is 13.0. The van der Waals surface area contributed by atoms with Crippen molar-refractivity contribution < 1.29 is 32.3 Å². The van der Waals surface area contributed by atoms with Gasteiger partial charge in [-0.1, -0.05) is 31.9 Å². The maximum atomic E-state index is 12.0. The number of thioether (sulfide) groups is 2. The van der Waals surface area contributed by atoms with Gasteiger partial charge < -0.3 is 22.8 Å². The van der Waals surface area contributed by atoms with Crippen molar-refractivity contribution in [1.29, 1.82) is 0 Å². The van der Waals surface area contributed by atoms with Gasteiger partial charge in [0.05, 0.1) is 0 Å². The lowest BCUT2D eigenvalue weighted by atomic mass is 10.2. The minimum absolute atomic E-state index is 0.0977. The molecule has 0 aliphatic rings. The van der Waals surface area contributed by atoms with Crippen molar-refractivity contribution >= 4 is 44.3 Å². The Balaban J connectivity index is 3.74. The molecule has 0 heterocycles. The summed E-state index contributed by atoms with van der Waals surface area (Å²) >= 11 is 3.43. The van der Waals surface area contributed by atoms with Crippen LogP contribution in [-0.4, -0.2) is 76.8 Å². The Kier molecular flexibility index (Phi) is 23.5. The molecule has 7 nitrogen and oxygen atoms in total. The van der Waals surface area contributed by atoms with Gasteiger partial charge in [-0.15, -0.1) is 0 Å². The van der Waals surface area contributed by atoms with E-state index in [-0.39, 0.29) is 11.9 Å². The van der Waals surface area contributed by atoms with E-state index in [1.165, 1.54) is 0 Å². The third kappa shape index (κ3) is 20.2. The fraction of sp³-hybridized carbons (Fsp3) is 0.840. The van der Waals surface area contributed by atoms with Crippen molar-refractivity contribution in [2.75, 3.05) is 56.0 Å². The van der Waals surface area contributed by atoms with Gasteiger partial charge in [0, 0.05) is 61.7 Å². The molecule has 206 valence electrons. The van der Waals surface area contributed by atoms with Crippen molar-refractivity contribution in [2.45, 2.75) is 78.7 Å². The van der Waals surface area contributed by atoms with Crippen molar-refractivity contribution in [3.8, 4) is 0 Å². The number of hydrogen-bond acceptors (Lipinski definition) is 9. The summed E-state index contributed by atoms with van der Waals surface area (Å²) < 4.78 is 28.1. The van der Waals surface area contributed by atoms with Gasteiger partial charge in [0.15, 0.2) is 0 Å². The van der Waals surface area contributed by atoms with Crippen molar-refractivity contribution in [1.82, 2.24) is 0 Å².